The minimum atomic E-state index is 0.292. The smallest absolute Gasteiger partial charge is 0.222 e. The van der Waals surface area contributed by atoms with Crippen LogP contribution in [0.4, 0.5) is 0 Å². The molecule has 80 valence electrons. The van der Waals surface area contributed by atoms with E-state index in [0.29, 0.717) is 23.8 Å². The lowest BCUT2D eigenvalue weighted by Gasteiger charge is -2.31. The van der Waals surface area contributed by atoms with Crippen LogP contribution in [0.1, 0.15) is 32.6 Å². The summed E-state index contributed by atoms with van der Waals surface area (Å²) >= 11 is 0. The van der Waals surface area contributed by atoms with Crippen molar-refractivity contribution in [2.24, 2.45) is 5.41 Å². The van der Waals surface area contributed by atoms with Crippen LogP contribution >= 0.6 is 0 Å². The minimum absolute atomic E-state index is 0.292. The van der Waals surface area contributed by atoms with Crippen molar-refractivity contribution in [2.45, 2.75) is 38.6 Å². The van der Waals surface area contributed by atoms with E-state index in [-0.39, 0.29) is 0 Å². The van der Waals surface area contributed by atoms with E-state index in [1.165, 1.54) is 12.8 Å². The first-order valence-electron chi connectivity index (χ1n) is 5.56. The van der Waals surface area contributed by atoms with Crippen molar-refractivity contribution in [3.63, 3.8) is 0 Å². The van der Waals surface area contributed by atoms with Gasteiger partial charge in [0.05, 0.1) is 0 Å². The Morgan fingerprint density at radius 1 is 1.57 bits per heavy atom. The molecule has 1 saturated carbocycles. The molecule has 2 aliphatic rings. The van der Waals surface area contributed by atoms with E-state index in [1.807, 2.05) is 11.9 Å². The molecule has 3 nitrogen and oxygen atoms in total. The number of rotatable bonds is 3. The Kier molecular flexibility index (Phi) is 2.52. The van der Waals surface area contributed by atoms with Crippen molar-refractivity contribution in [2.75, 3.05) is 20.1 Å². The quantitative estimate of drug-likeness (QED) is 0.730. The van der Waals surface area contributed by atoms with Gasteiger partial charge in [-0.05, 0) is 24.7 Å². The molecule has 0 aromatic carbocycles. The van der Waals surface area contributed by atoms with Gasteiger partial charge in [-0.25, -0.2) is 0 Å². The predicted molar refractivity (Wildman–Crippen MR) is 56.0 cm³/mol. The van der Waals surface area contributed by atoms with Crippen LogP contribution < -0.4 is 5.32 Å². The first kappa shape index (κ1) is 9.97. The number of likely N-dealkylation sites (tertiary alicyclic amines) is 1. The van der Waals surface area contributed by atoms with Gasteiger partial charge in [0.25, 0.3) is 0 Å². The van der Waals surface area contributed by atoms with E-state index in [1.54, 1.807) is 0 Å². The van der Waals surface area contributed by atoms with Gasteiger partial charge in [-0.3, -0.25) is 4.79 Å². The number of nitrogens with zero attached hydrogens (tertiary/aromatic N) is 1. The highest BCUT2D eigenvalue weighted by Crippen LogP contribution is 2.44. The Labute approximate surface area is 85.8 Å². The molecule has 2 rings (SSSR count). The van der Waals surface area contributed by atoms with E-state index < -0.39 is 0 Å². The van der Waals surface area contributed by atoms with Crippen molar-refractivity contribution in [3.8, 4) is 0 Å². The number of piperidine rings is 1. The second kappa shape index (κ2) is 3.54. The van der Waals surface area contributed by atoms with Gasteiger partial charge < -0.3 is 10.2 Å². The molecule has 2 fully saturated rings. The lowest BCUT2D eigenvalue weighted by molar-refractivity contribution is -0.132. The summed E-state index contributed by atoms with van der Waals surface area (Å²) in [6.07, 6.45) is 4.45. The SMILES string of the molecule is CN1CC(NCC2(C)CC2)CCC1=O. The molecule has 0 bridgehead atoms. The van der Waals surface area contributed by atoms with Gasteiger partial charge in [0.1, 0.15) is 0 Å². The van der Waals surface area contributed by atoms with E-state index in [0.717, 1.165) is 19.5 Å². The van der Waals surface area contributed by atoms with Gasteiger partial charge in [0.15, 0.2) is 0 Å². The zero-order chi connectivity index (χ0) is 10.2. The zero-order valence-electron chi connectivity index (χ0n) is 9.18. The third-order valence-corrected chi connectivity index (χ3v) is 3.55. The Hall–Kier alpha value is -0.570. The topological polar surface area (TPSA) is 32.3 Å². The van der Waals surface area contributed by atoms with Crippen LogP contribution in [0.25, 0.3) is 0 Å². The minimum Gasteiger partial charge on any atom is -0.344 e. The van der Waals surface area contributed by atoms with Crippen molar-refractivity contribution in [1.82, 2.24) is 10.2 Å². The fourth-order valence-electron chi connectivity index (χ4n) is 1.96. The van der Waals surface area contributed by atoms with Crippen molar-refractivity contribution < 1.29 is 4.79 Å². The molecular formula is C11H20N2O. The van der Waals surface area contributed by atoms with Crippen molar-refractivity contribution in [1.29, 1.82) is 0 Å². The Morgan fingerprint density at radius 2 is 2.29 bits per heavy atom. The van der Waals surface area contributed by atoms with E-state index in [9.17, 15) is 4.79 Å². The summed E-state index contributed by atoms with van der Waals surface area (Å²) in [5.74, 6) is 0.292. The van der Waals surface area contributed by atoms with Crippen LogP contribution in [-0.2, 0) is 4.79 Å². The molecule has 0 radical (unpaired) electrons. The summed E-state index contributed by atoms with van der Waals surface area (Å²) in [4.78, 5) is 13.1. The van der Waals surface area contributed by atoms with E-state index >= 15 is 0 Å². The Bertz CT molecular complexity index is 235. The van der Waals surface area contributed by atoms with Crippen LogP contribution in [0.2, 0.25) is 0 Å². The van der Waals surface area contributed by atoms with Crippen LogP contribution in [0.3, 0.4) is 0 Å². The van der Waals surface area contributed by atoms with Crippen LogP contribution in [0, 0.1) is 5.41 Å². The van der Waals surface area contributed by atoms with Gasteiger partial charge in [-0.15, -0.1) is 0 Å². The Morgan fingerprint density at radius 3 is 2.86 bits per heavy atom. The molecule has 1 N–H and O–H groups in total. The summed E-state index contributed by atoms with van der Waals surface area (Å²) in [5.41, 5.74) is 0.569. The first-order chi connectivity index (χ1) is 6.59. The van der Waals surface area contributed by atoms with Gasteiger partial charge in [-0.1, -0.05) is 6.92 Å². The molecule has 1 aliphatic heterocycles. The molecule has 14 heavy (non-hydrogen) atoms. The fourth-order valence-corrected chi connectivity index (χ4v) is 1.96. The summed E-state index contributed by atoms with van der Waals surface area (Å²) in [6.45, 7) is 4.34. The number of nitrogens with one attached hydrogen (secondary N) is 1. The highest BCUT2D eigenvalue weighted by molar-refractivity contribution is 5.76. The lowest BCUT2D eigenvalue weighted by atomic mass is 10.0. The molecule has 1 unspecified atom stereocenters. The largest absolute Gasteiger partial charge is 0.344 e. The van der Waals surface area contributed by atoms with Crippen LogP contribution in [-0.4, -0.2) is 37.0 Å². The molecule has 0 aromatic rings. The van der Waals surface area contributed by atoms with Gasteiger partial charge >= 0.3 is 0 Å². The highest BCUT2D eigenvalue weighted by Gasteiger charge is 2.37. The molecule has 0 aromatic heterocycles. The highest BCUT2D eigenvalue weighted by atomic mass is 16.2. The maximum Gasteiger partial charge on any atom is 0.222 e. The average molecular weight is 196 g/mol. The normalized spacial score (nSPS) is 30.6. The molecular weight excluding hydrogens is 176 g/mol. The van der Waals surface area contributed by atoms with Crippen LogP contribution in [0.5, 0.6) is 0 Å². The van der Waals surface area contributed by atoms with Gasteiger partial charge in [0.2, 0.25) is 5.91 Å². The summed E-state index contributed by atoms with van der Waals surface area (Å²) in [5, 5.41) is 3.58. The maximum atomic E-state index is 11.3. The summed E-state index contributed by atoms with van der Waals surface area (Å²) in [7, 11) is 1.90. The summed E-state index contributed by atoms with van der Waals surface area (Å²) < 4.78 is 0. The molecule has 3 heteroatoms. The molecule has 1 aliphatic carbocycles. The first-order valence-corrected chi connectivity index (χ1v) is 5.56. The molecule has 1 saturated heterocycles. The number of carbonyl (C=O) groups is 1. The second-order valence-corrected chi connectivity index (χ2v) is 5.20. The molecule has 1 heterocycles. The monoisotopic (exact) mass is 196 g/mol. The fraction of sp³-hybridized carbons (Fsp3) is 0.909. The molecule has 1 atom stereocenters. The number of amides is 1. The number of hydrogen-bond donors (Lipinski definition) is 1. The van der Waals surface area contributed by atoms with Gasteiger partial charge in [-0.2, -0.15) is 0 Å². The Balaban J connectivity index is 1.73. The maximum absolute atomic E-state index is 11.3. The van der Waals surface area contributed by atoms with Crippen molar-refractivity contribution in [3.05, 3.63) is 0 Å². The van der Waals surface area contributed by atoms with Crippen molar-refractivity contribution >= 4 is 5.91 Å². The van der Waals surface area contributed by atoms with Crippen LogP contribution in [0.15, 0.2) is 0 Å². The standard InChI is InChI=1S/C11H20N2O/c1-11(5-6-11)8-12-9-3-4-10(14)13(2)7-9/h9,12H,3-8H2,1-2H3. The lowest BCUT2D eigenvalue weighted by Crippen LogP contribution is -2.47. The predicted octanol–water partition coefficient (Wildman–Crippen LogP) is 0.997. The van der Waals surface area contributed by atoms with Gasteiger partial charge in [0, 0.05) is 32.6 Å². The second-order valence-electron chi connectivity index (χ2n) is 5.20. The zero-order valence-corrected chi connectivity index (χ0v) is 9.18. The number of likely N-dealkylation sites (N-methyl/N-ethyl adjacent to an activating group) is 1. The molecule has 0 spiro atoms. The third kappa shape index (κ3) is 2.27. The summed E-state index contributed by atoms with van der Waals surface area (Å²) in [6, 6.07) is 0.523. The number of carbonyl (C=O) groups excluding carboxylic acids is 1. The van der Waals surface area contributed by atoms with E-state index in [2.05, 4.69) is 12.2 Å². The third-order valence-electron chi connectivity index (χ3n) is 3.55. The van der Waals surface area contributed by atoms with E-state index in [4.69, 9.17) is 0 Å². The number of hydrogen-bond acceptors (Lipinski definition) is 2. The molecule has 1 amide bonds. The average Bonchev–Trinajstić information content (AvgIpc) is 2.87.